The molecular weight excluding hydrogens is 287 g/mol. The molecule has 0 spiro atoms. The second-order valence-electron chi connectivity index (χ2n) is 2.20. The van der Waals surface area contributed by atoms with Gasteiger partial charge in [-0.1, -0.05) is 28.7 Å². The number of hydrogen-bond acceptors (Lipinski definition) is 4. The topological polar surface area (TPSA) is 52.6 Å². The summed E-state index contributed by atoms with van der Waals surface area (Å²) in [6, 6.07) is 0. The molecule has 0 atom stereocenters. The summed E-state index contributed by atoms with van der Waals surface area (Å²) in [6.07, 6.45) is 2.02. The molecule has 0 amide bonds. The van der Waals surface area contributed by atoms with Crippen molar-refractivity contribution in [3.8, 4) is 0 Å². The molecule has 0 radical (unpaired) electrons. The van der Waals surface area contributed by atoms with E-state index in [2.05, 4.69) is 9.47 Å². The Labute approximate surface area is 90.4 Å². The average molecular weight is 298 g/mol. The molecule has 0 unspecified atom stereocenters. The zero-order valence-corrected chi connectivity index (χ0v) is 9.61. The average Bonchev–Trinajstić information content (AvgIpc) is 2.17. The van der Waals surface area contributed by atoms with E-state index in [1.165, 1.54) is 14.2 Å². The Balaban J connectivity index is 4.35. The van der Waals surface area contributed by atoms with Crippen LogP contribution in [0.4, 0.5) is 0 Å². The van der Waals surface area contributed by atoms with E-state index in [1.807, 2.05) is 22.6 Å². The van der Waals surface area contributed by atoms with Crippen LogP contribution in [0.3, 0.4) is 0 Å². The van der Waals surface area contributed by atoms with Gasteiger partial charge in [0.25, 0.3) is 0 Å². The zero-order valence-electron chi connectivity index (χ0n) is 7.45. The normalized spacial score (nSPS) is 10.5. The van der Waals surface area contributed by atoms with Gasteiger partial charge in [0.2, 0.25) is 0 Å². The van der Waals surface area contributed by atoms with Gasteiger partial charge in [0.1, 0.15) is 0 Å². The Kier molecular flexibility index (Phi) is 6.56. The number of rotatable bonds is 4. The highest BCUT2D eigenvalue weighted by molar-refractivity contribution is 14.1. The van der Waals surface area contributed by atoms with Crippen molar-refractivity contribution < 1.29 is 19.1 Å². The molecule has 0 fully saturated rings. The van der Waals surface area contributed by atoms with Crippen LogP contribution < -0.4 is 0 Å². The number of methoxy groups -OCH3 is 2. The molecule has 0 aliphatic rings. The first-order chi connectivity index (χ1) is 6.17. The maximum Gasteiger partial charge on any atom is 0.320 e. The Bertz CT molecular complexity index is 196. The number of halogens is 1. The lowest BCUT2D eigenvalue weighted by Gasteiger charge is -2.09. The van der Waals surface area contributed by atoms with E-state index in [1.54, 1.807) is 10.2 Å². The van der Waals surface area contributed by atoms with E-state index in [0.717, 1.165) is 0 Å². The van der Waals surface area contributed by atoms with Crippen molar-refractivity contribution in [1.82, 2.24) is 0 Å². The first-order valence-corrected chi connectivity index (χ1v) is 4.82. The lowest BCUT2D eigenvalue weighted by atomic mass is 10.1. The summed E-state index contributed by atoms with van der Waals surface area (Å²) in [6.45, 7) is 0. The van der Waals surface area contributed by atoms with Crippen LogP contribution in [0.15, 0.2) is 10.2 Å². The molecule has 74 valence electrons. The van der Waals surface area contributed by atoms with Crippen LogP contribution in [-0.2, 0) is 19.1 Å². The van der Waals surface area contributed by atoms with Crippen LogP contribution in [0.1, 0.15) is 6.42 Å². The lowest BCUT2D eigenvalue weighted by Crippen LogP contribution is -2.25. The fourth-order valence-electron chi connectivity index (χ4n) is 0.761. The molecule has 0 aromatic heterocycles. The predicted octanol–water partition coefficient (Wildman–Crippen LogP) is 1.29. The smallest absolute Gasteiger partial charge is 0.320 e. The third-order valence-electron chi connectivity index (χ3n) is 1.43. The van der Waals surface area contributed by atoms with Crippen LogP contribution in [0, 0.1) is 5.92 Å². The summed E-state index contributed by atoms with van der Waals surface area (Å²) >= 11 is 2.01. The van der Waals surface area contributed by atoms with Crippen molar-refractivity contribution in [2.24, 2.45) is 5.92 Å². The van der Waals surface area contributed by atoms with Gasteiger partial charge in [-0.05, 0) is 10.5 Å². The summed E-state index contributed by atoms with van der Waals surface area (Å²) in [5.74, 6) is -1.98. The maximum absolute atomic E-state index is 11.1. The molecule has 0 bridgehead atoms. The van der Waals surface area contributed by atoms with E-state index >= 15 is 0 Å². The van der Waals surface area contributed by atoms with Crippen LogP contribution in [0.25, 0.3) is 0 Å². The molecule has 0 aliphatic heterocycles. The van der Waals surface area contributed by atoms with Gasteiger partial charge in [0.15, 0.2) is 5.92 Å². The van der Waals surface area contributed by atoms with Gasteiger partial charge >= 0.3 is 11.9 Å². The number of hydrogen-bond donors (Lipinski definition) is 0. The summed E-state index contributed by atoms with van der Waals surface area (Å²) in [5.41, 5.74) is 0. The fraction of sp³-hybridized carbons (Fsp3) is 0.500. The van der Waals surface area contributed by atoms with Gasteiger partial charge in [0.05, 0.1) is 14.2 Å². The van der Waals surface area contributed by atoms with Crippen LogP contribution in [0.5, 0.6) is 0 Å². The van der Waals surface area contributed by atoms with Crippen molar-refractivity contribution in [3.63, 3.8) is 0 Å². The number of carbonyl (C=O) groups is 2. The highest BCUT2D eigenvalue weighted by Gasteiger charge is 2.26. The monoisotopic (exact) mass is 298 g/mol. The van der Waals surface area contributed by atoms with Gasteiger partial charge in [-0.15, -0.1) is 0 Å². The third kappa shape index (κ3) is 4.25. The molecule has 0 saturated heterocycles. The number of ether oxygens (including phenoxy) is 2. The molecule has 0 rings (SSSR count). The second-order valence-corrected chi connectivity index (χ2v) is 2.92. The van der Waals surface area contributed by atoms with E-state index in [0.29, 0.717) is 6.42 Å². The highest BCUT2D eigenvalue weighted by Crippen LogP contribution is 2.09. The maximum atomic E-state index is 11.1. The molecule has 0 heterocycles. The van der Waals surface area contributed by atoms with Crippen LogP contribution >= 0.6 is 22.6 Å². The Morgan fingerprint density at radius 2 is 1.77 bits per heavy atom. The fourth-order valence-corrected chi connectivity index (χ4v) is 1.05. The minimum Gasteiger partial charge on any atom is -0.468 e. The molecule has 0 aromatic rings. The van der Waals surface area contributed by atoms with Gasteiger partial charge < -0.3 is 9.47 Å². The first-order valence-electron chi connectivity index (χ1n) is 3.58. The predicted molar refractivity (Wildman–Crippen MR) is 55.3 cm³/mol. The SMILES string of the molecule is COC(=O)C(CC=CI)C(=O)OC. The van der Waals surface area contributed by atoms with Gasteiger partial charge in [-0.2, -0.15) is 0 Å². The summed E-state index contributed by atoms with van der Waals surface area (Å²) in [5, 5.41) is 0. The number of esters is 2. The Hall–Kier alpha value is -0.590. The minimum atomic E-state index is -0.846. The third-order valence-corrected chi connectivity index (χ3v) is 1.94. The van der Waals surface area contributed by atoms with E-state index in [4.69, 9.17) is 0 Å². The molecule has 0 aromatic carbocycles. The van der Waals surface area contributed by atoms with Gasteiger partial charge in [0, 0.05) is 0 Å². The minimum absolute atomic E-state index is 0.308. The molecule has 0 saturated carbocycles. The van der Waals surface area contributed by atoms with Crippen molar-refractivity contribution >= 4 is 34.5 Å². The summed E-state index contributed by atoms with van der Waals surface area (Å²) < 4.78 is 10.6. The van der Waals surface area contributed by atoms with Crippen LogP contribution in [0.2, 0.25) is 0 Å². The van der Waals surface area contributed by atoms with Crippen LogP contribution in [-0.4, -0.2) is 26.2 Å². The number of allylic oxidation sites excluding steroid dienone is 1. The largest absolute Gasteiger partial charge is 0.468 e. The van der Waals surface area contributed by atoms with Crippen molar-refractivity contribution in [2.75, 3.05) is 14.2 Å². The molecular formula is C8H11IO4. The molecule has 0 aliphatic carbocycles. The van der Waals surface area contributed by atoms with E-state index in [9.17, 15) is 9.59 Å². The molecule has 13 heavy (non-hydrogen) atoms. The van der Waals surface area contributed by atoms with Crippen molar-refractivity contribution in [3.05, 3.63) is 10.2 Å². The molecule has 0 N–H and O–H groups in total. The van der Waals surface area contributed by atoms with Gasteiger partial charge in [-0.3, -0.25) is 9.59 Å². The highest BCUT2D eigenvalue weighted by atomic mass is 127. The lowest BCUT2D eigenvalue weighted by molar-refractivity contribution is -0.158. The zero-order chi connectivity index (χ0) is 10.3. The van der Waals surface area contributed by atoms with Crippen molar-refractivity contribution in [2.45, 2.75) is 6.42 Å². The van der Waals surface area contributed by atoms with Gasteiger partial charge in [-0.25, -0.2) is 0 Å². The second kappa shape index (κ2) is 6.88. The quantitative estimate of drug-likeness (QED) is 0.446. The molecule has 4 nitrogen and oxygen atoms in total. The van der Waals surface area contributed by atoms with E-state index in [-0.39, 0.29) is 0 Å². The number of carbonyl (C=O) groups excluding carboxylic acids is 2. The molecule has 5 heteroatoms. The summed E-state index contributed by atoms with van der Waals surface area (Å²) in [7, 11) is 2.48. The standard InChI is InChI=1S/C8H11IO4/c1-12-7(10)6(4-3-5-9)8(11)13-2/h3,5-6H,4H2,1-2H3. The summed E-state index contributed by atoms with van der Waals surface area (Å²) in [4.78, 5) is 22.1. The Morgan fingerprint density at radius 3 is 2.08 bits per heavy atom. The first kappa shape index (κ1) is 12.4. The Morgan fingerprint density at radius 1 is 1.31 bits per heavy atom. The van der Waals surface area contributed by atoms with Crippen molar-refractivity contribution in [1.29, 1.82) is 0 Å². The van der Waals surface area contributed by atoms with E-state index < -0.39 is 17.9 Å².